The summed E-state index contributed by atoms with van der Waals surface area (Å²) in [5.41, 5.74) is 2.82. The Morgan fingerprint density at radius 3 is 2.72 bits per heavy atom. The number of anilines is 1. The fourth-order valence-electron chi connectivity index (χ4n) is 2.95. The lowest BCUT2D eigenvalue weighted by Gasteiger charge is -2.21. The second kappa shape index (κ2) is 8.72. The van der Waals surface area contributed by atoms with E-state index in [9.17, 15) is 4.79 Å². The molecule has 1 N–H and O–H groups in total. The molecule has 1 amide bonds. The average Bonchev–Trinajstić information content (AvgIpc) is 3.17. The van der Waals surface area contributed by atoms with Gasteiger partial charge in [-0.3, -0.25) is 9.48 Å². The maximum absolute atomic E-state index is 12.7. The molecule has 2 heterocycles. The number of amides is 1. The predicted octanol–water partition coefficient (Wildman–Crippen LogP) is 3.41. The van der Waals surface area contributed by atoms with Gasteiger partial charge >= 0.3 is 0 Å². The molecule has 1 aliphatic rings. The van der Waals surface area contributed by atoms with Crippen LogP contribution in [0.5, 0.6) is 17.2 Å². The smallest absolute Gasteiger partial charge is 0.256 e. The number of benzene rings is 1. The van der Waals surface area contributed by atoms with Crippen molar-refractivity contribution in [3.05, 3.63) is 53.6 Å². The third-order valence-electron chi connectivity index (χ3n) is 4.55. The van der Waals surface area contributed by atoms with Gasteiger partial charge in [-0.25, -0.2) is 0 Å². The Labute approximate surface area is 169 Å². The van der Waals surface area contributed by atoms with Crippen molar-refractivity contribution in [3.8, 4) is 17.2 Å². The number of ether oxygens (including phenoxy) is 4. The zero-order valence-corrected chi connectivity index (χ0v) is 17.1. The molecule has 0 fully saturated rings. The molecule has 29 heavy (non-hydrogen) atoms. The first kappa shape index (κ1) is 20.3. The quantitative estimate of drug-likeness (QED) is 0.567. The van der Waals surface area contributed by atoms with E-state index in [0.29, 0.717) is 48.3 Å². The molecule has 0 aliphatic carbocycles. The number of fused-ring (bicyclic) bond motifs is 1. The standard InChI is InChI=1S/C21H25N3O5/c1-13(2)17(14(3)26-4)12-24-11-16(10-22-24)23-21(25)15-8-18(27-5)20-19(9-15)28-6-7-29-20/h8-11H,1,6-7,12H2,2-5H3,(H,23,25)/b17-14-. The summed E-state index contributed by atoms with van der Waals surface area (Å²) >= 11 is 0. The molecule has 0 radical (unpaired) electrons. The molecule has 1 aromatic carbocycles. The topological polar surface area (TPSA) is 83.8 Å². The van der Waals surface area contributed by atoms with Crippen LogP contribution in [0.2, 0.25) is 0 Å². The van der Waals surface area contributed by atoms with Crippen molar-refractivity contribution in [1.82, 2.24) is 9.78 Å². The predicted molar refractivity (Wildman–Crippen MR) is 109 cm³/mol. The molecule has 0 saturated carbocycles. The van der Waals surface area contributed by atoms with E-state index >= 15 is 0 Å². The van der Waals surface area contributed by atoms with Crippen molar-refractivity contribution in [2.24, 2.45) is 0 Å². The van der Waals surface area contributed by atoms with Gasteiger partial charge in [0.25, 0.3) is 5.91 Å². The normalized spacial score (nSPS) is 13.4. The highest BCUT2D eigenvalue weighted by Gasteiger charge is 2.21. The monoisotopic (exact) mass is 399 g/mol. The van der Waals surface area contributed by atoms with Crippen LogP contribution in [0.4, 0.5) is 5.69 Å². The molecule has 1 aliphatic heterocycles. The van der Waals surface area contributed by atoms with Crippen LogP contribution >= 0.6 is 0 Å². The van der Waals surface area contributed by atoms with Gasteiger partial charge < -0.3 is 24.3 Å². The Kier molecular flexibility index (Phi) is 6.11. The van der Waals surface area contributed by atoms with Gasteiger partial charge in [-0.2, -0.15) is 5.10 Å². The maximum Gasteiger partial charge on any atom is 0.256 e. The molecule has 2 aromatic rings. The van der Waals surface area contributed by atoms with Crippen molar-refractivity contribution < 1.29 is 23.7 Å². The number of carbonyl (C=O) groups excluding carboxylic acids is 1. The first-order valence-corrected chi connectivity index (χ1v) is 9.14. The van der Waals surface area contributed by atoms with E-state index in [1.165, 1.54) is 7.11 Å². The second-order valence-corrected chi connectivity index (χ2v) is 6.60. The number of hydrogen-bond acceptors (Lipinski definition) is 6. The Hall–Kier alpha value is -3.42. The molecule has 0 spiro atoms. The van der Waals surface area contributed by atoms with Gasteiger partial charge in [0.1, 0.15) is 13.2 Å². The van der Waals surface area contributed by atoms with E-state index in [4.69, 9.17) is 18.9 Å². The van der Waals surface area contributed by atoms with Crippen LogP contribution in [-0.2, 0) is 11.3 Å². The summed E-state index contributed by atoms with van der Waals surface area (Å²) in [6.45, 7) is 9.14. The molecule has 0 bridgehead atoms. The first-order valence-electron chi connectivity index (χ1n) is 9.14. The largest absolute Gasteiger partial charge is 0.501 e. The Morgan fingerprint density at radius 1 is 1.28 bits per heavy atom. The number of allylic oxidation sites excluding steroid dienone is 3. The third-order valence-corrected chi connectivity index (χ3v) is 4.55. The van der Waals surface area contributed by atoms with Crippen molar-refractivity contribution in [2.45, 2.75) is 20.4 Å². The molecule has 1 aromatic heterocycles. The molecule has 3 rings (SSSR count). The van der Waals surface area contributed by atoms with Gasteiger partial charge in [-0.05, 0) is 31.6 Å². The molecule has 0 unspecified atom stereocenters. The summed E-state index contributed by atoms with van der Waals surface area (Å²) in [4.78, 5) is 12.7. The number of carbonyl (C=O) groups is 1. The van der Waals surface area contributed by atoms with Crippen LogP contribution in [0.25, 0.3) is 0 Å². The molecule has 0 atom stereocenters. The van der Waals surface area contributed by atoms with Crippen LogP contribution in [-0.4, -0.2) is 43.1 Å². The fourth-order valence-corrected chi connectivity index (χ4v) is 2.95. The molecule has 8 nitrogen and oxygen atoms in total. The summed E-state index contributed by atoms with van der Waals surface area (Å²) in [5.74, 6) is 1.93. The van der Waals surface area contributed by atoms with Gasteiger partial charge in [0.15, 0.2) is 11.5 Å². The third kappa shape index (κ3) is 4.53. The Balaban J connectivity index is 1.76. The number of rotatable bonds is 7. The molecular formula is C21H25N3O5. The maximum atomic E-state index is 12.7. The van der Waals surface area contributed by atoms with Crippen LogP contribution in [0.15, 0.2) is 48.0 Å². The Bertz CT molecular complexity index is 944. The highest BCUT2D eigenvalue weighted by Crippen LogP contribution is 2.40. The minimum atomic E-state index is -0.302. The zero-order valence-electron chi connectivity index (χ0n) is 17.1. The number of nitrogens with zero attached hydrogens (tertiary/aromatic N) is 2. The average molecular weight is 399 g/mol. The van der Waals surface area contributed by atoms with Crippen molar-refractivity contribution in [2.75, 3.05) is 32.8 Å². The fraction of sp³-hybridized carbons (Fsp3) is 0.333. The summed E-state index contributed by atoms with van der Waals surface area (Å²) in [6, 6.07) is 3.26. The van der Waals surface area contributed by atoms with Crippen LogP contribution in [0.1, 0.15) is 24.2 Å². The first-order chi connectivity index (χ1) is 13.9. The highest BCUT2D eigenvalue weighted by atomic mass is 16.6. The summed E-state index contributed by atoms with van der Waals surface area (Å²) in [7, 11) is 3.14. The second-order valence-electron chi connectivity index (χ2n) is 6.60. The van der Waals surface area contributed by atoms with E-state index < -0.39 is 0 Å². The molecule has 8 heteroatoms. The van der Waals surface area contributed by atoms with Gasteiger partial charge in [-0.15, -0.1) is 0 Å². The van der Waals surface area contributed by atoms with Crippen LogP contribution in [0, 0.1) is 0 Å². The van der Waals surface area contributed by atoms with Gasteiger partial charge in [-0.1, -0.05) is 6.58 Å². The van der Waals surface area contributed by atoms with E-state index in [1.807, 2.05) is 13.8 Å². The molecule has 154 valence electrons. The van der Waals surface area contributed by atoms with Crippen molar-refractivity contribution in [3.63, 3.8) is 0 Å². The van der Waals surface area contributed by atoms with E-state index in [2.05, 4.69) is 17.0 Å². The molecular weight excluding hydrogens is 374 g/mol. The number of nitrogens with one attached hydrogen (secondary N) is 1. The number of methoxy groups -OCH3 is 2. The van der Waals surface area contributed by atoms with E-state index in [-0.39, 0.29) is 5.91 Å². The minimum Gasteiger partial charge on any atom is -0.501 e. The van der Waals surface area contributed by atoms with Crippen molar-refractivity contribution >= 4 is 11.6 Å². The van der Waals surface area contributed by atoms with Crippen LogP contribution < -0.4 is 19.5 Å². The summed E-state index contributed by atoms with van der Waals surface area (Å²) < 4.78 is 23.5. The van der Waals surface area contributed by atoms with Crippen molar-refractivity contribution in [1.29, 1.82) is 0 Å². The van der Waals surface area contributed by atoms with Crippen LogP contribution in [0.3, 0.4) is 0 Å². The Morgan fingerprint density at radius 2 is 2.03 bits per heavy atom. The molecule has 0 saturated heterocycles. The summed E-state index contributed by atoms with van der Waals surface area (Å²) in [6.07, 6.45) is 3.34. The number of aromatic nitrogens is 2. The summed E-state index contributed by atoms with van der Waals surface area (Å²) in [5, 5.41) is 7.15. The lowest BCUT2D eigenvalue weighted by Crippen LogP contribution is -2.18. The van der Waals surface area contributed by atoms with E-state index in [0.717, 1.165) is 16.9 Å². The van der Waals surface area contributed by atoms with E-state index in [1.54, 1.807) is 36.3 Å². The SMILES string of the molecule is C=C(C)/C(Cn1cc(NC(=O)c2cc(OC)c3c(c2)OCCO3)cn1)=C(/C)OC. The highest BCUT2D eigenvalue weighted by molar-refractivity contribution is 6.05. The lowest BCUT2D eigenvalue weighted by atomic mass is 10.1. The number of hydrogen-bond donors (Lipinski definition) is 1. The lowest BCUT2D eigenvalue weighted by molar-refractivity contribution is 0.102. The van der Waals surface area contributed by atoms with Gasteiger partial charge in [0.2, 0.25) is 5.75 Å². The van der Waals surface area contributed by atoms with Gasteiger partial charge in [0.05, 0.1) is 38.4 Å². The zero-order chi connectivity index (χ0) is 21.0. The minimum absolute atomic E-state index is 0.302. The van der Waals surface area contributed by atoms with Gasteiger partial charge in [0, 0.05) is 17.3 Å².